The average molecular weight is 380 g/mol. The smallest absolute Gasteiger partial charge is 0.326 e. The molecule has 0 heterocycles. The molecule has 1 rings (SSSR count). The molecule has 10 nitrogen and oxygen atoms in total. The Hall–Kier alpha value is -3.14. The number of amides is 3. The second-order valence-electron chi connectivity index (χ2n) is 6.07. The van der Waals surface area contributed by atoms with Crippen molar-refractivity contribution in [3.05, 3.63) is 29.8 Å². The summed E-state index contributed by atoms with van der Waals surface area (Å²) in [4.78, 5) is 46.5. The second kappa shape index (κ2) is 10.1. The quantitative estimate of drug-likeness (QED) is 0.302. The number of carboxylic acids is 1. The molecule has 1 aromatic carbocycles. The molecule has 0 radical (unpaired) electrons. The first kappa shape index (κ1) is 21.9. The SMILES string of the molecule is C[C@H](N)C(=O)N[C@@H](C)C(=O)NCC(=O)N[C@@H](Cc1ccc(O)cc1)C(=O)O. The third-order valence-corrected chi connectivity index (χ3v) is 3.60. The van der Waals surface area contributed by atoms with Gasteiger partial charge in [0.1, 0.15) is 17.8 Å². The van der Waals surface area contributed by atoms with Gasteiger partial charge in [-0.25, -0.2) is 4.79 Å². The van der Waals surface area contributed by atoms with Crippen LogP contribution in [-0.2, 0) is 25.6 Å². The van der Waals surface area contributed by atoms with E-state index >= 15 is 0 Å². The Kier molecular flexibility index (Phi) is 8.21. The first-order chi connectivity index (χ1) is 12.6. The van der Waals surface area contributed by atoms with Crippen molar-refractivity contribution in [3.63, 3.8) is 0 Å². The Morgan fingerprint density at radius 2 is 1.63 bits per heavy atom. The molecule has 0 unspecified atom stereocenters. The Bertz CT molecular complexity index is 689. The maximum Gasteiger partial charge on any atom is 0.326 e. The standard InChI is InChI=1S/C17H24N4O6/c1-9(18)15(24)20-10(2)16(25)19-8-14(23)21-13(17(26)27)7-11-3-5-12(22)6-4-11/h3-6,9-10,13,22H,7-8,18H2,1-2H3,(H,19,25)(H,20,24)(H,21,23)(H,26,27)/t9-,10-,13-/m0/s1. The molecule has 0 aromatic heterocycles. The largest absolute Gasteiger partial charge is 0.508 e. The van der Waals surface area contributed by atoms with Crippen molar-refractivity contribution in [1.82, 2.24) is 16.0 Å². The zero-order valence-electron chi connectivity index (χ0n) is 15.1. The number of aromatic hydroxyl groups is 1. The molecule has 148 valence electrons. The van der Waals surface area contributed by atoms with Crippen LogP contribution in [0.25, 0.3) is 0 Å². The number of aliphatic carboxylic acids is 1. The summed E-state index contributed by atoms with van der Waals surface area (Å²) in [7, 11) is 0. The second-order valence-corrected chi connectivity index (χ2v) is 6.07. The number of nitrogens with two attached hydrogens (primary N) is 1. The summed E-state index contributed by atoms with van der Waals surface area (Å²) in [6, 6.07) is 3.03. The molecule has 0 saturated carbocycles. The van der Waals surface area contributed by atoms with Gasteiger partial charge in [-0.3, -0.25) is 14.4 Å². The van der Waals surface area contributed by atoms with E-state index in [0.29, 0.717) is 5.56 Å². The van der Waals surface area contributed by atoms with Crippen LogP contribution >= 0.6 is 0 Å². The lowest BCUT2D eigenvalue weighted by atomic mass is 10.1. The monoisotopic (exact) mass is 380 g/mol. The van der Waals surface area contributed by atoms with Gasteiger partial charge in [0.2, 0.25) is 17.7 Å². The van der Waals surface area contributed by atoms with Crippen molar-refractivity contribution < 1.29 is 29.4 Å². The highest BCUT2D eigenvalue weighted by atomic mass is 16.4. The van der Waals surface area contributed by atoms with E-state index in [2.05, 4.69) is 16.0 Å². The van der Waals surface area contributed by atoms with Gasteiger partial charge in [-0.15, -0.1) is 0 Å². The minimum Gasteiger partial charge on any atom is -0.508 e. The fourth-order valence-corrected chi connectivity index (χ4v) is 2.04. The van der Waals surface area contributed by atoms with Crippen LogP contribution in [0.15, 0.2) is 24.3 Å². The molecule has 0 fully saturated rings. The van der Waals surface area contributed by atoms with Gasteiger partial charge in [-0.1, -0.05) is 12.1 Å². The average Bonchev–Trinajstić information content (AvgIpc) is 2.60. The van der Waals surface area contributed by atoms with Crippen molar-refractivity contribution in [2.45, 2.75) is 38.4 Å². The molecule has 0 saturated heterocycles. The maximum absolute atomic E-state index is 11.9. The molecule has 0 spiro atoms. The zero-order chi connectivity index (χ0) is 20.6. The molecular formula is C17H24N4O6. The number of carbonyl (C=O) groups excluding carboxylic acids is 3. The van der Waals surface area contributed by atoms with E-state index < -0.39 is 48.4 Å². The molecule has 10 heteroatoms. The Balaban J connectivity index is 2.52. The lowest BCUT2D eigenvalue weighted by molar-refractivity contribution is -0.141. The number of hydrogen-bond donors (Lipinski definition) is 6. The van der Waals surface area contributed by atoms with Gasteiger partial charge >= 0.3 is 5.97 Å². The normalized spacial score (nSPS) is 13.7. The number of benzene rings is 1. The molecular weight excluding hydrogens is 356 g/mol. The summed E-state index contributed by atoms with van der Waals surface area (Å²) in [6.07, 6.45) is 0.0101. The van der Waals surface area contributed by atoms with Crippen LogP contribution in [0, 0.1) is 0 Å². The van der Waals surface area contributed by atoms with Gasteiger partial charge in [0, 0.05) is 6.42 Å². The highest BCUT2D eigenvalue weighted by Gasteiger charge is 2.22. The summed E-state index contributed by atoms with van der Waals surface area (Å²) in [6.45, 7) is 2.45. The molecule has 7 N–H and O–H groups in total. The summed E-state index contributed by atoms with van der Waals surface area (Å²) in [5.41, 5.74) is 5.99. The molecule has 0 bridgehead atoms. The number of phenols is 1. The highest BCUT2D eigenvalue weighted by molar-refractivity contribution is 5.92. The molecule has 3 amide bonds. The topological polar surface area (TPSA) is 171 Å². The highest BCUT2D eigenvalue weighted by Crippen LogP contribution is 2.11. The van der Waals surface area contributed by atoms with Gasteiger partial charge < -0.3 is 31.9 Å². The number of nitrogens with one attached hydrogen (secondary N) is 3. The van der Waals surface area contributed by atoms with Crippen LogP contribution in [0.1, 0.15) is 19.4 Å². The van der Waals surface area contributed by atoms with Crippen LogP contribution in [0.5, 0.6) is 5.75 Å². The minimum absolute atomic E-state index is 0.0101. The predicted molar refractivity (Wildman–Crippen MR) is 95.6 cm³/mol. The lowest BCUT2D eigenvalue weighted by Gasteiger charge is -2.17. The summed E-state index contributed by atoms with van der Waals surface area (Å²) < 4.78 is 0. The van der Waals surface area contributed by atoms with E-state index in [4.69, 9.17) is 5.73 Å². The predicted octanol–water partition coefficient (Wildman–Crippen LogP) is -1.53. The van der Waals surface area contributed by atoms with Crippen LogP contribution in [0.2, 0.25) is 0 Å². The Morgan fingerprint density at radius 3 is 2.15 bits per heavy atom. The fourth-order valence-electron chi connectivity index (χ4n) is 2.04. The van der Waals surface area contributed by atoms with Crippen LogP contribution in [0.4, 0.5) is 0 Å². The summed E-state index contributed by atoms with van der Waals surface area (Å²) in [5, 5.41) is 25.5. The van der Waals surface area contributed by atoms with Gasteiger partial charge in [0.25, 0.3) is 0 Å². The van der Waals surface area contributed by atoms with E-state index in [9.17, 15) is 29.4 Å². The molecule has 0 aliphatic heterocycles. The van der Waals surface area contributed by atoms with Crippen LogP contribution < -0.4 is 21.7 Å². The van der Waals surface area contributed by atoms with Crippen molar-refractivity contribution in [2.24, 2.45) is 5.73 Å². The zero-order valence-corrected chi connectivity index (χ0v) is 15.1. The van der Waals surface area contributed by atoms with Crippen molar-refractivity contribution >= 4 is 23.7 Å². The van der Waals surface area contributed by atoms with Crippen molar-refractivity contribution in [2.75, 3.05) is 6.54 Å². The first-order valence-corrected chi connectivity index (χ1v) is 8.24. The maximum atomic E-state index is 11.9. The number of phenolic OH excluding ortho intramolecular Hbond substituents is 1. The first-order valence-electron chi connectivity index (χ1n) is 8.24. The van der Waals surface area contributed by atoms with Crippen molar-refractivity contribution in [1.29, 1.82) is 0 Å². The Morgan fingerprint density at radius 1 is 1.04 bits per heavy atom. The minimum atomic E-state index is -1.24. The Labute approximate surface area is 156 Å². The number of carboxylic acid groups (broad SMARTS) is 1. The van der Waals surface area contributed by atoms with E-state index in [0.717, 1.165) is 0 Å². The third-order valence-electron chi connectivity index (χ3n) is 3.60. The van der Waals surface area contributed by atoms with E-state index in [-0.39, 0.29) is 12.2 Å². The van der Waals surface area contributed by atoms with Gasteiger partial charge in [-0.05, 0) is 31.5 Å². The van der Waals surface area contributed by atoms with Gasteiger partial charge in [-0.2, -0.15) is 0 Å². The van der Waals surface area contributed by atoms with Gasteiger partial charge in [0.15, 0.2) is 0 Å². The van der Waals surface area contributed by atoms with E-state index in [1.165, 1.54) is 26.0 Å². The molecule has 1 aromatic rings. The molecule has 0 aliphatic carbocycles. The number of hydrogen-bond acceptors (Lipinski definition) is 6. The lowest BCUT2D eigenvalue weighted by Crippen LogP contribution is -2.52. The van der Waals surface area contributed by atoms with E-state index in [1.807, 2.05) is 0 Å². The summed E-state index contributed by atoms with van der Waals surface area (Å²) in [5.74, 6) is -3.00. The van der Waals surface area contributed by atoms with Crippen LogP contribution in [0.3, 0.4) is 0 Å². The van der Waals surface area contributed by atoms with Crippen LogP contribution in [-0.4, -0.2) is 58.6 Å². The molecule has 3 atom stereocenters. The number of carbonyl (C=O) groups is 4. The van der Waals surface area contributed by atoms with E-state index in [1.54, 1.807) is 12.1 Å². The number of rotatable bonds is 9. The third kappa shape index (κ3) is 7.74. The molecule has 0 aliphatic rings. The van der Waals surface area contributed by atoms with Crippen molar-refractivity contribution in [3.8, 4) is 5.75 Å². The van der Waals surface area contributed by atoms with Gasteiger partial charge in [0.05, 0.1) is 12.6 Å². The summed E-state index contributed by atoms with van der Waals surface area (Å²) >= 11 is 0. The molecule has 27 heavy (non-hydrogen) atoms. The fraction of sp³-hybridized carbons (Fsp3) is 0.412.